The van der Waals surface area contributed by atoms with Crippen molar-refractivity contribution in [3.05, 3.63) is 12.4 Å². The number of hydrogen-bond acceptors (Lipinski definition) is 3. The van der Waals surface area contributed by atoms with Crippen LogP contribution in [0.1, 0.15) is 0 Å². The van der Waals surface area contributed by atoms with Crippen LogP contribution in [0.15, 0.2) is 12.4 Å². The molecule has 0 fully saturated rings. The van der Waals surface area contributed by atoms with Crippen molar-refractivity contribution in [2.45, 2.75) is 0 Å². The third-order valence-electron chi connectivity index (χ3n) is 0.924. The van der Waals surface area contributed by atoms with Crippen molar-refractivity contribution in [2.75, 3.05) is 5.32 Å². The van der Waals surface area contributed by atoms with E-state index in [1.807, 2.05) is 5.32 Å². The van der Waals surface area contributed by atoms with E-state index in [4.69, 9.17) is 5.11 Å². The van der Waals surface area contributed by atoms with Crippen LogP contribution in [-0.4, -0.2) is 27.0 Å². The van der Waals surface area contributed by atoms with Crippen LogP contribution < -0.4 is 5.32 Å². The van der Waals surface area contributed by atoms with E-state index in [2.05, 4.69) is 9.97 Å². The van der Waals surface area contributed by atoms with Crippen LogP contribution in [0.2, 0.25) is 0 Å². The summed E-state index contributed by atoms with van der Waals surface area (Å²) in [6.07, 6.45) is 2.87. The number of aromatic nitrogens is 2. The second-order valence-electron chi connectivity index (χ2n) is 1.70. The highest BCUT2D eigenvalue weighted by Gasteiger charge is 2.11. The number of nitrogens with zero attached hydrogens (tertiary/aromatic N) is 1. The lowest BCUT2D eigenvalue weighted by Gasteiger charge is -1.93. The predicted octanol–water partition coefficient (Wildman–Crippen LogP) is -0.567. The Bertz CT molecular complexity index is 267. The molecule has 6 nitrogen and oxygen atoms in total. The zero-order valence-electron chi connectivity index (χ0n) is 5.37. The number of hydrogen-bond donors (Lipinski definition) is 3. The quantitative estimate of drug-likeness (QED) is 0.473. The summed E-state index contributed by atoms with van der Waals surface area (Å²) in [6.45, 7) is 0. The fourth-order valence-electron chi connectivity index (χ4n) is 0.495. The van der Waals surface area contributed by atoms with Crippen LogP contribution in [0.4, 0.5) is 5.95 Å². The highest BCUT2D eigenvalue weighted by molar-refractivity contribution is 6.36. The van der Waals surface area contributed by atoms with E-state index in [0.717, 1.165) is 0 Å². The van der Waals surface area contributed by atoms with E-state index in [1.54, 1.807) is 0 Å². The lowest BCUT2D eigenvalue weighted by Crippen LogP contribution is -2.22. The number of aromatic amines is 1. The second-order valence-corrected chi connectivity index (χ2v) is 1.70. The average molecular weight is 155 g/mol. The van der Waals surface area contributed by atoms with Gasteiger partial charge in [-0.1, -0.05) is 0 Å². The summed E-state index contributed by atoms with van der Waals surface area (Å²) in [5.74, 6) is -2.53. The first-order chi connectivity index (χ1) is 5.20. The summed E-state index contributed by atoms with van der Waals surface area (Å²) < 4.78 is 0. The molecule has 1 heterocycles. The van der Waals surface area contributed by atoms with Gasteiger partial charge in [0.1, 0.15) is 0 Å². The summed E-state index contributed by atoms with van der Waals surface area (Å²) in [5.41, 5.74) is 0. The van der Waals surface area contributed by atoms with Crippen molar-refractivity contribution in [1.29, 1.82) is 0 Å². The predicted molar refractivity (Wildman–Crippen MR) is 34.9 cm³/mol. The SMILES string of the molecule is O=C(O)C(=O)Nc1ncc[nH]1. The van der Waals surface area contributed by atoms with Gasteiger partial charge in [0.15, 0.2) is 0 Å². The van der Waals surface area contributed by atoms with Gasteiger partial charge in [-0.3, -0.25) is 10.1 Å². The number of rotatable bonds is 1. The molecule has 0 spiro atoms. The first-order valence-corrected chi connectivity index (χ1v) is 2.74. The van der Waals surface area contributed by atoms with E-state index < -0.39 is 11.9 Å². The monoisotopic (exact) mass is 155 g/mol. The van der Waals surface area contributed by atoms with Crippen molar-refractivity contribution >= 4 is 17.8 Å². The minimum absolute atomic E-state index is 0.123. The molecule has 0 atom stereocenters. The number of carboxylic acids is 1. The van der Waals surface area contributed by atoms with Crippen molar-refractivity contribution in [1.82, 2.24) is 9.97 Å². The number of H-pyrrole nitrogens is 1. The Morgan fingerprint density at radius 3 is 2.82 bits per heavy atom. The molecule has 0 bridgehead atoms. The average Bonchev–Trinajstić information content (AvgIpc) is 2.39. The summed E-state index contributed by atoms with van der Waals surface area (Å²) in [4.78, 5) is 26.5. The van der Waals surface area contributed by atoms with E-state index in [-0.39, 0.29) is 5.95 Å². The van der Waals surface area contributed by atoms with Crippen LogP contribution in [0.25, 0.3) is 0 Å². The highest BCUT2D eigenvalue weighted by atomic mass is 16.4. The van der Waals surface area contributed by atoms with Crippen molar-refractivity contribution in [3.63, 3.8) is 0 Å². The van der Waals surface area contributed by atoms with Crippen LogP contribution in [-0.2, 0) is 9.59 Å². The Labute approximate surface area is 61.3 Å². The first kappa shape index (κ1) is 7.26. The fraction of sp³-hybridized carbons (Fsp3) is 0. The van der Waals surface area contributed by atoms with Gasteiger partial charge in [-0.25, -0.2) is 9.78 Å². The topological polar surface area (TPSA) is 95.1 Å². The van der Waals surface area contributed by atoms with E-state index in [0.29, 0.717) is 0 Å². The standard InChI is InChI=1S/C5H5N3O3/c9-3(4(10)11)8-5-6-1-2-7-5/h1-2H,(H,10,11)(H2,6,7,8,9). The van der Waals surface area contributed by atoms with Gasteiger partial charge in [-0.05, 0) is 0 Å². The zero-order valence-corrected chi connectivity index (χ0v) is 5.37. The molecule has 3 N–H and O–H groups in total. The molecule has 0 unspecified atom stereocenters. The molecule has 6 heteroatoms. The third kappa shape index (κ3) is 1.78. The summed E-state index contributed by atoms with van der Waals surface area (Å²) in [5, 5.41) is 10.1. The maximum Gasteiger partial charge on any atom is 0.394 e. The molecule has 0 saturated carbocycles. The third-order valence-corrected chi connectivity index (χ3v) is 0.924. The molecule has 1 aromatic rings. The zero-order chi connectivity index (χ0) is 8.27. The van der Waals surface area contributed by atoms with Gasteiger partial charge < -0.3 is 10.1 Å². The van der Waals surface area contributed by atoms with Crippen LogP contribution in [0, 0.1) is 0 Å². The van der Waals surface area contributed by atoms with Crippen molar-refractivity contribution in [3.8, 4) is 0 Å². The molecule has 0 aliphatic carbocycles. The number of anilines is 1. The Balaban J connectivity index is 2.57. The van der Waals surface area contributed by atoms with Crippen molar-refractivity contribution < 1.29 is 14.7 Å². The maximum absolute atomic E-state index is 10.4. The number of carboxylic acid groups (broad SMARTS) is 1. The molecule has 0 radical (unpaired) electrons. The number of aliphatic carboxylic acids is 1. The number of imidazole rings is 1. The number of carbonyl (C=O) groups is 2. The molecule has 0 aliphatic rings. The number of amides is 1. The Morgan fingerprint density at radius 1 is 1.64 bits per heavy atom. The Kier molecular flexibility index (Phi) is 1.86. The summed E-state index contributed by atoms with van der Waals surface area (Å²) in [7, 11) is 0. The fourth-order valence-corrected chi connectivity index (χ4v) is 0.495. The number of carbonyl (C=O) groups excluding carboxylic acids is 1. The molecular weight excluding hydrogens is 150 g/mol. The van der Waals surface area contributed by atoms with Crippen molar-refractivity contribution in [2.24, 2.45) is 0 Å². The van der Waals surface area contributed by atoms with Crippen LogP contribution in [0.3, 0.4) is 0 Å². The Morgan fingerprint density at radius 2 is 2.36 bits per heavy atom. The molecule has 0 aromatic carbocycles. The normalized spacial score (nSPS) is 9.09. The molecular formula is C5H5N3O3. The molecule has 11 heavy (non-hydrogen) atoms. The van der Waals surface area contributed by atoms with Crippen LogP contribution in [0.5, 0.6) is 0 Å². The molecule has 0 saturated heterocycles. The van der Waals surface area contributed by atoms with Gasteiger partial charge in [0.05, 0.1) is 0 Å². The summed E-state index contributed by atoms with van der Waals surface area (Å²) >= 11 is 0. The van der Waals surface area contributed by atoms with Gasteiger partial charge in [0.2, 0.25) is 5.95 Å². The lowest BCUT2D eigenvalue weighted by molar-refractivity contribution is -0.147. The molecule has 1 aromatic heterocycles. The largest absolute Gasteiger partial charge is 0.474 e. The first-order valence-electron chi connectivity index (χ1n) is 2.74. The van der Waals surface area contributed by atoms with Gasteiger partial charge >= 0.3 is 11.9 Å². The van der Waals surface area contributed by atoms with E-state index >= 15 is 0 Å². The smallest absolute Gasteiger partial charge is 0.394 e. The van der Waals surface area contributed by atoms with Gasteiger partial charge in [0, 0.05) is 12.4 Å². The van der Waals surface area contributed by atoms with E-state index in [1.165, 1.54) is 12.4 Å². The minimum atomic E-state index is -1.54. The summed E-state index contributed by atoms with van der Waals surface area (Å²) in [6, 6.07) is 0. The molecule has 1 amide bonds. The molecule has 0 aliphatic heterocycles. The van der Waals surface area contributed by atoms with Gasteiger partial charge in [0.25, 0.3) is 0 Å². The number of nitrogens with one attached hydrogen (secondary N) is 2. The minimum Gasteiger partial charge on any atom is -0.474 e. The lowest BCUT2D eigenvalue weighted by atomic mass is 10.6. The molecule has 58 valence electrons. The van der Waals surface area contributed by atoms with Crippen LogP contribution >= 0.6 is 0 Å². The Hall–Kier alpha value is -1.85. The maximum atomic E-state index is 10.4. The van der Waals surface area contributed by atoms with Gasteiger partial charge in [-0.2, -0.15) is 0 Å². The molecule has 1 rings (SSSR count). The highest BCUT2D eigenvalue weighted by Crippen LogP contribution is 1.93. The van der Waals surface area contributed by atoms with E-state index in [9.17, 15) is 9.59 Å². The van der Waals surface area contributed by atoms with Gasteiger partial charge in [-0.15, -0.1) is 0 Å². The second kappa shape index (κ2) is 2.82.